The summed E-state index contributed by atoms with van der Waals surface area (Å²) in [5, 5.41) is 10.4. The van der Waals surface area contributed by atoms with Gasteiger partial charge >= 0.3 is 0 Å². The zero-order chi connectivity index (χ0) is 24.0. The Labute approximate surface area is 197 Å². The van der Waals surface area contributed by atoms with E-state index in [2.05, 4.69) is 4.90 Å². The molecule has 7 heteroatoms. The van der Waals surface area contributed by atoms with E-state index in [1.54, 1.807) is 41.8 Å². The highest BCUT2D eigenvalue weighted by atomic mass is 19.1. The van der Waals surface area contributed by atoms with E-state index in [4.69, 9.17) is 0 Å². The number of rotatable bonds is 5. The fourth-order valence-electron chi connectivity index (χ4n) is 5.69. The molecule has 4 atom stereocenters. The van der Waals surface area contributed by atoms with Crippen molar-refractivity contribution in [3.05, 3.63) is 94.2 Å². The van der Waals surface area contributed by atoms with Crippen molar-refractivity contribution < 1.29 is 14.3 Å². The summed E-state index contributed by atoms with van der Waals surface area (Å²) in [5.41, 5.74) is 2.62. The number of hydrogen-bond donors (Lipinski definition) is 1. The number of nitrogens with zero attached hydrogens (tertiary/aromatic N) is 3. The molecule has 1 aromatic heterocycles. The van der Waals surface area contributed by atoms with Gasteiger partial charge in [0.05, 0.1) is 12.0 Å². The van der Waals surface area contributed by atoms with Crippen molar-refractivity contribution in [1.29, 1.82) is 0 Å². The van der Waals surface area contributed by atoms with Gasteiger partial charge in [-0.05, 0) is 35.4 Å². The third kappa shape index (κ3) is 3.65. The average Bonchev–Trinajstić information content (AvgIpc) is 3.03. The largest absolute Gasteiger partial charge is 0.396 e. The SMILES string of the molecule is CN(C)C(=O)[C@@H]1[C@@H](CO)[C@@H]2Cn3c(ccc(-c4cccc(F)c4)c3=O)[C@H]1N2Cc1ccccc1. The number of fused-ring (bicyclic) bond motifs is 4. The summed E-state index contributed by atoms with van der Waals surface area (Å²) >= 11 is 0. The number of amides is 1. The molecule has 1 amide bonds. The van der Waals surface area contributed by atoms with Crippen LogP contribution in [0.15, 0.2) is 71.5 Å². The molecule has 2 aliphatic heterocycles. The lowest BCUT2D eigenvalue weighted by molar-refractivity contribution is -0.135. The highest BCUT2D eigenvalue weighted by Gasteiger charge is 2.55. The molecule has 3 heterocycles. The third-order valence-electron chi connectivity index (χ3n) is 7.24. The molecule has 0 aliphatic carbocycles. The Morgan fingerprint density at radius 3 is 2.53 bits per heavy atom. The predicted molar refractivity (Wildman–Crippen MR) is 127 cm³/mol. The van der Waals surface area contributed by atoms with Crippen LogP contribution < -0.4 is 5.56 Å². The topological polar surface area (TPSA) is 65.8 Å². The zero-order valence-corrected chi connectivity index (χ0v) is 19.3. The number of halogens is 1. The smallest absolute Gasteiger partial charge is 0.258 e. The van der Waals surface area contributed by atoms with Gasteiger partial charge in [-0.15, -0.1) is 0 Å². The van der Waals surface area contributed by atoms with Crippen LogP contribution in [0.5, 0.6) is 0 Å². The van der Waals surface area contributed by atoms with E-state index in [1.165, 1.54) is 12.1 Å². The lowest BCUT2D eigenvalue weighted by atomic mass is 9.86. The zero-order valence-electron chi connectivity index (χ0n) is 19.3. The summed E-state index contributed by atoms with van der Waals surface area (Å²) in [5.74, 6) is -1.23. The molecule has 6 nitrogen and oxygen atoms in total. The van der Waals surface area contributed by atoms with Gasteiger partial charge in [0.25, 0.3) is 5.56 Å². The first kappa shape index (κ1) is 22.5. The number of hydrogen-bond acceptors (Lipinski definition) is 4. The molecule has 3 aromatic rings. The summed E-state index contributed by atoms with van der Waals surface area (Å²) in [4.78, 5) is 30.7. The van der Waals surface area contributed by atoms with Crippen LogP contribution in [0.25, 0.3) is 11.1 Å². The Morgan fingerprint density at radius 2 is 1.85 bits per heavy atom. The van der Waals surface area contributed by atoms with Crippen LogP contribution in [0.3, 0.4) is 0 Å². The number of aliphatic hydroxyl groups is 1. The van der Waals surface area contributed by atoms with Crippen molar-refractivity contribution in [3.8, 4) is 11.1 Å². The van der Waals surface area contributed by atoms with Gasteiger partial charge in [0.15, 0.2) is 0 Å². The van der Waals surface area contributed by atoms with E-state index in [-0.39, 0.29) is 36.1 Å². The molecule has 0 saturated carbocycles. The molecule has 0 radical (unpaired) electrons. The molecule has 2 bridgehead atoms. The van der Waals surface area contributed by atoms with Gasteiger partial charge in [0.2, 0.25) is 5.91 Å². The molecule has 1 N–H and O–H groups in total. The minimum atomic E-state index is -0.470. The second kappa shape index (κ2) is 8.81. The van der Waals surface area contributed by atoms with Crippen LogP contribution in [0.4, 0.5) is 4.39 Å². The van der Waals surface area contributed by atoms with Gasteiger partial charge in [-0.2, -0.15) is 0 Å². The summed E-state index contributed by atoms with van der Waals surface area (Å²) in [7, 11) is 3.45. The predicted octanol–water partition coefficient (Wildman–Crippen LogP) is 2.91. The van der Waals surface area contributed by atoms with Gasteiger partial charge < -0.3 is 14.6 Å². The van der Waals surface area contributed by atoms with Crippen LogP contribution in [0, 0.1) is 17.7 Å². The second-order valence-electron chi connectivity index (χ2n) is 9.37. The number of aliphatic hydroxyl groups excluding tert-OH is 1. The first-order valence-electron chi connectivity index (χ1n) is 11.5. The molecule has 2 aromatic carbocycles. The van der Waals surface area contributed by atoms with Crippen LogP contribution in [0.1, 0.15) is 17.3 Å². The normalized spacial score (nSPS) is 23.5. The van der Waals surface area contributed by atoms with Crippen molar-refractivity contribution >= 4 is 5.91 Å². The van der Waals surface area contributed by atoms with Gasteiger partial charge in [0, 0.05) is 57.0 Å². The first-order chi connectivity index (χ1) is 16.4. The van der Waals surface area contributed by atoms with E-state index in [9.17, 15) is 19.1 Å². The van der Waals surface area contributed by atoms with Crippen LogP contribution in [-0.4, -0.2) is 52.1 Å². The Bertz CT molecular complexity index is 1270. The number of carbonyl (C=O) groups excluding carboxylic acids is 1. The van der Waals surface area contributed by atoms with E-state index >= 15 is 0 Å². The number of carbonyl (C=O) groups is 1. The Kier molecular flexibility index (Phi) is 5.83. The Morgan fingerprint density at radius 1 is 1.09 bits per heavy atom. The molecule has 5 rings (SSSR count). The highest BCUT2D eigenvalue weighted by Crippen LogP contribution is 2.49. The molecule has 176 valence electrons. The van der Waals surface area contributed by atoms with Gasteiger partial charge in [-0.1, -0.05) is 42.5 Å². The number of pyridine rings is 1. The number of aromatic nitrogens is 1. The monoisotopic (exact) mass is 461 g/mol. The minimum absolute atomic E-state index is 0.0558. The van der Waals surface area contributed by atoms with Gasteiger partial charge in [0.1, 0.15) is 5.82 Å². The molecule has 0 unspecified atom stereocenters. The highest BCUT2D eigenvalue weighted by molar-refractivity contribution is 5.80. The Balaban J connectivity index is 1.64. The molecule has 1 saturated heterocycles. The van der Waals surface area contributed by atoms with E-state index in [1.807, 2.05) is 36.4 Å². The van der Waals surface area contributed by atoms with Crippen molar-refractivity contribution in [2.24, 2.45) is 11.8 Å². The second-order valence-corrected chi connectivity index (χ2v) is 9.37. The summed E-state index contributed by atoms with van der Waals surface area (Å²) in [6, 6.07) is 19.1. The lowest BCUT2D eigenvalue weighted by Crippen LogP contribution is -2.46. The molecule has 2 aliphatic rings. The number of benzene rings is 2. The van der Waals surface area contributed by atoms with Crippen molar-refractivity contribution in [3.63, 3.8) is 0 Å². The lowest BCUT2D eigenvalue weighted by Gasteiger charge is -2.38. The standard InChI is InChI=1S/C27H28FN3O3/c1-29(2)27(34)24-21(16-32)23-15-31-22(25(24)30(23)14-17-7-4-3-5-8-17)12-11-20(26(31)33)18-9-6-10-19(28)13-18/h3-13,21,23-25,32H,14-16H2,1-2H3/t21-,23-,24+,25+/m0/s1. The molecule has 1 fully saturated rings. The average molecular weight is 462 g/mol. The maximum atomic E-state index is 13.8. The van der Waals surface area contributed by atoms with E-state index in [0.29, 0.717) is 24.2 Å². The molecular formula is C27H28FN3O3. The molecular weight excluding hydrogens is 433 g/mol. The summed E-state index contributed by atoms with van der Waals surface area (Å²) in [6.07, 6.45) is 0. The van der Waals surface area contributed by atoms with Crippen molar-refractivity contribution in [1.82, 2.24) is 14.4 Å². The summed E-state index contributed by atoms with van der Waals surface area (Å²) < 4.78 is 15.6. The van der Waals surface area contributed by atoms with Crippen molar-refractivity contribution in [2.75, 3.05) is 20.7 Å². The van der Waals surface area contributed by atoms with E-state index < -0.39 is 11.7 Å². The van der Waals surface area contributed by atoms with Crippen LogP contribution in [-0.2, 0) is 17.9 Å². The summed E-state index contributed by atoms with van der Waals surface area (Å²) in [6.45, 7) is 0.836. The molecule has 34 heavy (non-hydrogen) atoms. The maximum Gasteiger partial charge on any atom is 0.258 e. The van der Waals surface area contributed by atoms with Crippen molar-refractivity contribution in [2.45, 2.75) is 25.2 Å². The third-order valence-corrected chi connectivity index (χ3v) is 7.24. The van der Waals surface area contributed by atoms with E-state index in [0.717, 1.165) is 11.3 Å². The minimum Gasteiger partial charge on any atom is -0.396 e. The quantitative estimate of drug-likeness (QED) is 0.635. The fourth-order valence-corrected chi connectivity index (χ4v) is 5.69. The van der Waals surface area contributed by atoms with Crippen LogP contribution >= 0.6 is 0 Å². The van der Waals surface area contributed by atoms with Gasteiger partial charge in [-0.3, -0.25) is 14.5 Å². The maximum absolute atomic E-state index is 13.8. The van der Waals surface area contributed by atoms with Gasteiger partial charge in [-0.25, -0.2) is 4.39 Å². The molecule has 0 spiro atoms. The Hall–Kier alpha value is -3.29. The van der Waals surface area contributed by atoms with Crippen LogP contribution in [0.2, 0.25) is 0 Å². The first-order valence-corrected chi connectivity index (χ1v) is 11.5. The fraction of sp³-hybridized carbons (Fsp3) is 0.333.